The van der Waals surface area contributed by atoms with Gasteiger partial charge in [-0.2, -0.15) is 17.4 Å². The van der Waals surface area contributed by atoms with Gasteiger partial charge in [0.25, 0.3) is 10.2 Å². The molecule has 2 heterocycles. The van der Waals surface area contributed by atoms with E-state index >= 15 is 0 Å². The van der Waals surface area contributed by atoms with Crippen molar-refractivity contribution in [1.29, 1.82) is 0 Å². The first kappa shape index (κ1) is 15.2. The maximum atomic E-state index is 12.3. The lowest BCUT2D eigenvalue weighted by atomic mass is 10.0. The maximum absolute atomic E-state index is 12.3. The molecule has 2 unspecified atom stereocenters. The van der Waals surface area contributed by atoms with E-state index in [2.05, 4.69) is 9.62 Å². The fourth-order valence-corrected chi connectivity index (χ4v) is 4.48. The lowest BCUT2D eigenvalue weighted by molar-refractivity contribution is 0.163. The Hall–Kier alpha value is -0.210. The monoisotopic (exact) mass is 291 g/mol. The number of likely N-dealkylation sites (N-methyl/N-ethyl adjacent to an activating group) is 1. The molecular weight excluding hydrogens is 266 g/mol. The fourth-order valence-electron chi connectivity index (χ4n) is 2.94. The molecule has 2 saturated heterocycles. The summed E-state index contributed by atoms with van der Waals surface area (Å²) in [5, 5.41) is 9.18. The summed E-state index contributed by atoms with van der Waals surface area (Å²) in [6, 6.07) is 0.0123. The van der Waals surface area contributed by atoms with Gasteiger partial charge < -0.3 is 10.0 Å². The molecule has 0 spiro atoms. The van der Waals surface area contributed by atoms with Crippen molar-refractivity contribution in [2.75, 3.05) is 39.8 Å². The lowest BCUT2D eigenvalue weighted by Gasteiger charge is -2.34. The quantitative estimate of drug-likeness (QED) is 0.740. The number of nitrogens with zero attached hydrogens (tertiary/aromatic N) is 2. The molecule has 112 valence electrons. The summed E-state index contributed by atoms with van der Waals surface area (Å²) in [6.45, 7) is 2.88. The Kier molecular flexibility index (Phi) is 5.19. The van der Waals surface area contributed by atoms with Crippen molar-refractivity contribution < 1.29 is 13.5 Å². The molecule has 2 aliphatic heterocycles. The molecule has 0 aromatic carbocycles. The Morgan fingerprint density at radius 1 is 1.21 bits per heavy atom. The number of hydrogen-bond donors (Lipinski definition) is 2. The van der Waals surface area contributed by atoms with Gasteiger partial charge in [-0.15, -0.1) is 0 Å². The van der Waals surface area contributed by atoms with Crippen molar-refractivity contribution in [2.24, 2.45) is 5.92 Å². The normalized spacial score (nSPS) is 31.5. The topological polar surface area (TPSA) is 72.9 Å². The van der Waals surface area contributed by atoms with E-state index in [-0.39, 0.29) is 18.6 Å². The van der Waals surface area contributed by atoms with Gasteiger partial charge in [0, 0.05) is 32.3 Å². The lowest BCUT2D eigenvalue weighted by Crippen LogP contribution is -2.53. The molecule has 0 radical (unpaired) electrons. The van der Waals surface area contributed by atoms with E-state index in [9.17, 15) is 13.5 Å². The van der Waals surface area contributed by atoms with Crippen LogP contribution in [0.4, 0.5) is 0 Å². The summed E-state index contributed by atoms with van der Waals surface area (Å²) in [6.07, 6.45) is 3.68. The zero-order chi connectivity index (χ0) is 13.9. The standard InChI is InChI=1S/C12H25N3O3S/c1-14-6-3-5-12(9-14)13-19(17,18)15-7-2-4-11(8-15)10-16/h11-13,16H,2-10H2,1H3. The molecule has 2 N–H and O–H groups in total. The van der Waals surface area contributed by atoms with Crippen molar-refractivity contribution in [2.45, 2.75) is 31.7 Å². The second-order valence-corrected chi connectivity index (χ2v) is 7.48. The first-order valence-electron chi connectivity index (χ1n) is 7.08. The molecule has 0 bridgehead atoms. The molecule has 0 saturated carbocycles. The molecule has 0 aliphatic carbocycles. The molecule has 0 aromatic rings. The Balaban J connectivity index is 1.93. The third-order valence-corrected chi connectivity index (χ3v) is 5.66. The summed E-state index contributed by atoms with van der Waals surface area (Å²) >= 11 is 0. The van der Waals surface area contributed by atoms with Crippen molar-refractivity contribution >= 4 is 10.2 Å². The Morgan fingerprint density at radius 2 is 1.95 bits per heavy atom. The van der Waals surface area contributed by atoms with Crippen LogP contribution < -0.4 is 4.72 Å². The van der Waals surface area contributed by atoms with E-state index in [0.29, 0.717) is 13.1 Å². The van der Waals surface area contributed by atoms with Gasteiger partial charge in [-0.1, -0.05) is 0 Å². The van der Waals surface area contributed by atoms with Crippen LogP contribution in [0.1, 0.15) is 25.7 Å². The van der Waals surface area contributed by atoms with Gasteiger partial charge in [0.2, 0.25) is 0 Å². The second-order valence-electron chi connectivity index (χ2n) is 5.77. The molecule has 0 aromatic heterocycles. The summed E-state index contributed by atoms with van der Waals surface area (Å²) in [4.78, 5) is 2.16. The largest absolute Gasteiger partial charge is 0.396 e. The van der Waals surface area contributed by atoms with Crippen molar-refractivity contribution in [3.8, 4) is 0 Å². The molecule has 2 aliphatic rings. The van der Waals surface area contributed by atoms with Gasteiger partial charge in [-0.25, -0.2) is 0 Å². The Morgan fingerprint density at radius 3 is 2.63 bits per heavy atom. The molecule has 0 amide bonds. The summed E-state index contributed by atoms with van der Waals surface area (Å²) in [7, 11) is -1.39. The second kappa shape index (κ2) is 6.49. The van der Waals surface area contributed by atoms with Crippen molar-refractivity contribution in [1.82, 2.24) is 13.9 Å². The minimum Gasteiger partial charge on any atom is -0.396 e. The van der Waals surface area contributed by atoms with Crippen LogP contribution in [0.3, 0.4) is 0 Å². The van der Waals surface area contributed by atoms with E-state index in [4.69, 9.17) is 0 Å². The number of nitrogens with one attached hydrogen (secondary N) is 1. The number of aliphatic hydroxyl groups is 1. The number of aliphatic hydroxyl groups excluding tert-OH is 1. The van der Waals surface area contributed by atoms with Crippen LogP contribution in [0.15, 0.2) is 0 Å². The molecule has 7 heteroatoms. The minimum absolute atomic E-state index is 0.0123. The van der Waals surface area contributed by atoms with Gasteiger partial charge in [-0.3, -0.25) is 0 Å². The van der Waals surface area contributed by atoms with E-state index in [1.165, 1.54) is 4.31 Å². The molecule has 2 atom stereocenters. The zero-order valence-corrected chi connectivity index (χ0v) is 12.4. The van der Waals surface area contributed by atoms with E-state index in [1.807, 2.05) is 7.05 Å². The van der Waals surface area contributed by atoms with Crippen LogP contribution >= 0.6 is 0 Å². The van der Waals surface area contributed by atoms with E-state index in [0.717, 1.165) is 38.8 Å². The fraction of sp³-hybridized carbons (Fsp3) is 1.00. The number of piperidine rings is 2. The number of hydrogen-bond acceptors (Lipinski definition) is 4. The number of rotatable bonds is 4. The molecule has 19 heavy (non-hydrogen) atoms. The molecular formula is C12H25N3O3S. The zero-order valence-electron chi connectivity index (χ0n) is 11.6. The van der Waals surface area contributed by atoms with Gasteiger partial charge in [-0.05, 0) is 45.2 Å². The highest BCUT2D eigenvalue weighted by molar-refractivity contribution is 7.87. The van der Waals surface area contributed by atoms with Crippen LogP contribution in [0.5, 0.6) is 0 Å². The third-order valence-electron chi connectivity index (χ3n) is 4.02. The summed E-state index contributed by atoms with van der Waals surface area (Å²) < 4.78 is 29.0. The number of likely N-dealkylation sites (tertiary alicyclic amines) is 1. The average Bonchev–Trinajstić information content (AvgIpc) is 2.38. The van der Waals surface area contributed by atoms with Gasteiger partial charge in [0.05, 0.1) is 0 Å². The highest BCUT2D eigenvalue weighted by Crippen LogP contribution is 2.19. The van der Waals surface area contributed by atoms with Gasteiger partial charge in [0.15, 0.2) is 0 Å². The predicted octanol–water partition coefficient (Wildman–Crippen LogP) is -0.381. The average molecular weight is 291 g/mol. The van der Waals surface area contributed by atoms with Crippen LogP contribution in [0, 0.1) is 5.92 Å². The van der Waals surface area contributed by atoms with Crippen LogP contribution in [0.2, 0.25) is 0 Å². The highest BCUT2D eigenvalue weighted by Gasteiger charge is 2.31. The molecule has 6 nitrogen and oxygen atoms in total. The van der Waals surface area contributed by atoms with Crippen molar-refractivity contribution in [3.05, 3.63) is 0 Å². The smallest absolute Gasteiger partial charge is 0.279 e. The predicted molar refractivity (Wildman–Crippen MR) is 74.0 cm³/mol. The van der Waals surface area contributed by atoms with Crippen LogP contribution in [-0.2, 0) is 10.2 Å². The SMILES string of the molecule is CN1CCCC(NS(=O)(=O)N2CCCC(CO)C2)C1. The van der Waals surface area contributed by atoms with E-state index in [1.54, 1.807) is 0 Å². The Bertz CT molecular complexity index is 388. The summed E-state index contributed by atoms with van der Waals surface area (Å²) in [5.74, 6) is 0.0827. The third kappa shape index (κ3) is 4.13. The summed E-state index contributed by atoms with van der Waals surface area (Å²) in [5.41, 5.74) is 0. The van der Waals surface area contributed by atoms with Crippen LogP contribution in [0.25, 0.3) is 0 Å². The van der Waals surface area contributed by atoms with Gasteiger partial charge in [0.1, 0.15) is 0 Å². The maximum Gasteiger partial charge on any atom is 0.279 e. The highest BCUT2D eigenvalue weighted by atomic mass is 32.2. The first-order chi connectivity index (χ1) is 9.01. The van der Waals surface area contributed by atoms with E-state index < -0.39 is 10.2 Å². The Labute approximate surface area is 116 Å². The van der Waals surface area contributed by atoms with Crippen molar-refractivity contribution in [3.63, 3.8) is 0 Å². The molecule has 2 rings (SSSR count). The minimum atomic E-state index is -3.40. The first-order valence-corrected chi connectivity index (χ1v) is 8.52. The van der Waals surface area contributed by atoms with Gasteiger partial charge >= 0.3 is 0 Å². The van der Waals surface area contributed by atoms with Crippen LogP contribution in [-0.4, -0.2) is 68.6 Å². The molecule has 2 fully saturated rings.